The molecule has 10 heteroatoms. The van der Waals surface area contributed by atoms with Gasteiger partial charge in [0, 0.05) is 13.2 Å². The normalized spacial score (nSPS) is 10.8. The molecule has 0 spiro atoms. The molecule has 1 aromatic rings. The van der Waals surface area contributed by atoms with Crippen molar-refractivity contribution in [1.29, 1.82) is 0 Å². The summed E-state index contributed by atoms with van der Waals surface area (Å²) in [5, 5.41) is 14.9. The van der Waals surface area contributed by atoms with Gasteiger partial charge in [0.25, 0.3) is 0 Å². The number of carboxylic acids is 1. The third-order valence-electron chi connectivity index (χ3n) is 3.26. The lowest BCUT2D eigenvalue weighted by atomic mass is 10.2. The van der Waals surface area contributed by atoms with Crippen LogP contribution >= 0.6 is 0 Å². The quantitative estimate of drug-likeness (QED) is 0.202. The van der Waals surface area contributed by atoms with Crippen LogP contribution in [0.4, 0.5) is 0 Å². The number of carbonyl (C=O) groups excluding carboxylic acids is 2. The van der Waals surface area contributed by atoms with E-state index in [1.165, 1.54) is 12.3 Å². The minimum atomic E-state index is -1.11. The Morgan fingerprint density at radius 1 is 1.17 bits per heavy atom. The number of nitrogens with zero attached hydrogens (tertiary/aromatic N) is 1. The first-order valence-electron chi connectivity index (χ1n) is 9.17. The number of amides is 2. The van der Waals surface area contributed by atoms with Crippen LogP contribution in [0.25, 0.3) is 0 Å². The van der Waals surface area contributed by atoms with Crippen molar-refractivity contribution < 1.29 is 33.7 Å². The highest BCUT2D eigenvalue weighted by Gasteiger charge is 2.12. The van der Waals surface area contributed by atoms with E-state index in [0.717, 1.165) is 0 Å². The van der Waals surface area contributed by atoms with Gasteiger partial charge in [-0.1, -0.05) is 0 Å². The molecule has 29 heavy (non-hydrogen) atoms. The lowest BCUT2D eigenvalue weighted by molar-refractivity contribution is -0.139. The fourth-order valence-corrected chi connectivity index (χ4v) is 2.02. The maximum atomic E-state index is 11.7. The zero-order valence-corrected chi connectivity index (χ0v) is 16.8. The molecule has 0 aromatic heterocycles. The van der Waals surface area contributed by atoms with Gasteiger partial charge in [-0.3, -0.25) is 9.59 Å². The summed E-state index contributed by atoms with van der Waals surface area (Å²) in [5.74, 6) is -2.18. The highest BCUT2D eigenvalue weighted by molar-refractivity contribution is 6.35. The van der Waals surface area contributed by atoms with Crippen LogP contribution in [0.1, 0.15) is 32.8 Å². The molecule has 0 atom stereocenters. The lowest BCUT2D eigenvalue weighted by Gasteiger charge is -2.11. The van der Waals surface area contributed by atoms with E-state index in [1.54, 1.807) is 19.1 Å². The van der Waals surface area contributed by atoms with Gasteiger partial charge in [0.1, 0.15) is 0 Å². The molecule has 0 radical (unpaired) electrons. The predicted molar refractivity (Wildman–Crippen MR) is 105 cm³/mol. The molecule has 2 amide bonds. The highest BCUT2D eigenvalue weighted by Crippen LogP contribution is 2.28. The van der Waals surface area contributed by atoms with E-state index in [4.69, 9.17) is 19.3 Å². The molecule has 0 aliphatic rings. The summed E-state index contributed by atoms with van der Waals surface area (Å²) in [6.07, 6.45) is 2.03. The number of nitrogens with one attached hydrogen (secondary N) is 2. The Morgan fingerprint density at radius 2 is 1.93 bits per heavy atom. The summed E-state index contributed by atoms with van der Waals surface area (Å²) < 4.78 is 15.9. The molecule has 0 fully saturated rings. The minimum Gasteiger partial charge on any atom is -0.490 e. The Labute approximate surface area is 169 Å². The molecule has 3 N–H and O–H groups in total. The lowest BCUT2D eigenvalue weighted by Crippen LogP contribution is -2.38. The molecule has 0 aliphatic heterocycles. The van der Waals surface area contributed by atoms with E-state index in [0.29, 0.717) is 37.5 Å². The average Bonchev–Trinajstić information content (AvgIpc) is 2.66. The van der Waals surface area contributed by atoms with Crippen molar-refractivity contribution in [2.75, 3.05) is 26.4 Å². The SMILES string of the molecule is CCOc1cc(/C=N\NC(=O)C(=O)NCCCOC(C)C)ccc1OCC(=O)O. The number of hydrazone groups is 1. The molecule has 0 heterocycles. The second-order valence-corrected chi connectivity index (χ2v) is 6.05. The van der Waals surface area contributed by atoms with Crippen molar-refractivity contribution in [2.45, 2.75) is 33.3 Å². The van der Waals surface area contributed by atoms with Gasteiger partial charge in [0.2, 0.25) is 0 Å². The van der Waals surface area contributed by atoms with Crippen molar-refractivity contribution in [2.24, 2.45) is 5.10 Å². The second kappa shape index (κ2) is 13.1. The zero-order chi connectivity index (χ0) is 21.6. The van der Waals surface area contributed by atoms with Crippen molar-refractivity contribution in [3.05, 3.63) is 23.8 Å². The number of ether oxygens (including phenoxy) is 3. The summed E-state index contributed by atoms with van der Waals surface area (Å²) in [6.45, 7) is 6.27. The Hall–Kier alpha value is -3.14. The van der Waals surface area contributed by atoms with Crippen LogP contribution in [0.2, 0.25) is 0 Å². The number of hydrogen-bond donors (Lipinski definition) is 3. The van der Waals surface area contributed by atoms with Gasteiger partial charge in [0.05, 0.1) is 18.9 Å². The minimum absolute atomic E-state index is 0.115. The van der Waals surface area contributed by atoms with E-state index in [1.807, 2.05) is 13.8 Å². The molecule has 1 aromatic carbocycles. The van der Waals surface area contributed by atoms with Crippen molar-refractivity contribution in [3.63, 3.8) is 0 Å². The van der Waals surface area contributed by atoms with Crippen LogP contribution in [0.15, 0.2) is 23.3 Å². The van der Waals surface area contributed by atoms with Gasteiger partial charge in [-0.2, -0.15) is 5.10 Å². The number of carboxylic acid groups (broad SMARTS) is 1. The summed E-state index contributed by atoms with van der Waals surface area (Å²) in [4.78, 5) is 34.0. The van der Waals surface area contributed by atoms with Crippen molar-refractivity contribution in [1.82, 2.24) is 10.7 Å². The van der Waals surface area contributed by atoms with Crippen molar-refractivity contribution in [3.8, 4) is 11.5 Å². The molecular formula is C19H27N3O7. The number of aliphatic carboxylic acids is 1. The molecule has 0 aliphatic carbocycles. The van der Waals surface area contributed by atoms with Crippen molar-refractivity contribution >= 4 is 24.0 Å². The molecule has 0 unspecified atom stereocenters. The van der Waals surface area contributed by atoms with Gasteiger partial charge in [0.15, 0.2) is 18.1 Å². The average molecular weight is 409 g/mol. The highest BCUT2D eigenvalue weighted by atomic mass is 16.5. The molecule has 10 nitrogen and oxygen atoms in total. The van der Waals surface area contributed by atoms with Gasteiger partial charge in [-0.05, 0) is 51.0 Å². The fourth-order valence-electron chi connectivity index (χ4n) is 2.02. The zero-order valence-electron chi connectivity index (χ0n) is 16.8. The van der Waals surface area contributed by atoms with Gasteiger partial charge < -0.3 is 24.6 Å². The molecule has 1 rings (SSSR count). The van der Waals surface area contributed by atoms with Gasteiger partial charge in [-0.25, -0.2) is 10.2 Å². The monoisotopic (exact) mass is 409 g/mol. The number of rotatable bonds is 12. The summed E-state index contributed by atoms with van der Waals surface area (Å²) >= 11 is 0. The van der Waals surface area contributed by atoms with Crippen LogP contribution < -0.4 is 20.2 Å². The molecule has 0 saturated heterocycles. The largest absolute Gasteiger partial charge is 0.490 e. The predicted octanol–water partition coefficient (Wildman–Crippen LogP) is 0.930. The molecule has 160 valence electrons. The second-order valence-electron chi connectivity index (χ2n) is 6.05. The Balaban J connectivity index is 2.52. The smallest absolute Gasteiger partial charge is 0.341 e. The molecular weight excluding hydrogens is 382 g/mol. The van der Waals surface area contributed by atoms with Crippen LogP contribution in [0.5, 0.6) is 11.5 Å². The van der Waals surface area contributed by atoms with E-state index in [2.05, 4.69) is 15.8 Å². The summed E-state index contributed by atoms with van der Waals surface area (Å²) in [6, 6.07) is 4.71. The standard InChI is InChI=1S/C19H27N3O7/c1-4-27-16-10-14(6-7-15(16)29-12-17(23)24)11-21-22-19(26)18(25)20-8-5-9-28-13(2)3/h6-7,10-11,13H,4-5,8-9,12H2,1-3H3,(H,20,25)(H,22,26)(H,23,24)/b21-11-. The van der Waals surface area contributed by atoms with Gasteiger partial charge >= 0.3 is 17.8 Å². The Bertz CT molecular complexity index is 720. The first kappa shape index (κ1) is 23.9. The van der Waals surface area contributed by atoms with Gasteiger partial charge in [-0.15, -0.1) is 0 Å². The van der Waals surface area contributed by atoms with Crippen LogP contribution in [-0.2, 0) is 19.1 Å². The van der Waals surface area contributed by atoms with Crippen LogP contribution in [0.3, 0.4) is 0 Å². The summed E-state index contributed by atoms with van der Waals surface area (Å²) in [7, 11) is 0. The van der Waals surface area contributed by atoms with E-state index < -0.39 is 24.4 Å². The maximum Gasteiger partial charge on any atom is 0.341 e. The molecule has 0 saturated carbocycles. The van der Waals surface area contributed by atoms with E-state index in [-0.39, 0.29) is 11.9 Å². The number of benzene rings is 1. The fraction of sp³-hybridized carbons (Fsp3) is 0.474. The third kappa shape index (κ3) is 10.1. The first-order valence-corrected chi connectivity index (χ1v) is 9.17. The molecule has 0 bridgehead atoms. The van der Waals surface area contributed by atoms with Crippen LogP contribution in [0, 0.1) is 0 Å². The maximum absolute atomic E-state index is 11.7. The topological polar surface area (TPSA) is 136 Å². The first-order chi connectivity index (χ1) is 13.8. The van der Waals surface area contributed by atoms with Crippen LogP contribution in [-0.4, -0.2) is 61.6 Å². The Kier molecular flexibility index (Phi) is 10.8. The van der Waals surface area contributed by atoms with E-state index >= 15 is 0 Å². The number of hydrogen-bond acceptors (Lipinski definition) is 7. The third-order valence-corrected chi connectivity index (χ3v) is 3.26. The Morgan fingerprint density at radius 3 is 2.59 bits per heavy atom. The number of carbonyl (C=O) groups is 3. The summed E-state index contributed by atoms with van der Waals surface area (Å²) in [5.41, 5.74) is 2.69. The van der Waals surface area contributed by atoms with E-state index in [9.17, 15) is 14.4 Å².